The number of hydrogen-bond acceptors (Lipinski definition) is 2. The molecule has 188 valence electrons. The van der Waals surface area contributed by atoms with E-state index in [1.807, 2.05) is 0 Å². The van der Waals surface area contributed by atoms with E-state index in [0.29, 0.717) is 11.8 Å². The van der Waals surface area contributed by atoms with E-state index >= 15 is 0 Å². The fourth-order valence-corrected chi connectivity index (χ4v) is 6.12. The molecular formula is C32H50N2. The Bertz CT molecular complexity index is 890. The van der Waals surface area contributed by atoms with Crippen LogP contribution in [-0.2, 0) is 0 Å². The largest absolute Gasteiger partial charge is 0.402 e. The van der Waals surface area contributed by atoms with Gasteiger partial charge in [-0.1, -0.05) is 77.9 Å². The number of rotatable bonds is 12. The van der Waals surface area contributed by atoms with E-state index in [-0.39, 0.29) is 0 Å². The van der Waals surface area contributed by atoms with Crippen LogP contribution in [0.15, 0.2) is 69.1 Å². The van der Waals surface area contributed by atoms with Crippen molar-refractivity contribution >= 4 is 0 Å². The lowest BCUT2D eigenvalue weighted by molar-refractivity contribution is 0.493. The van der Waals surface area contributed by atoms with E-state index in [1.54, 1.807) is 27.9 Å². The van der Waals surface area contributed by atoms with Gasteiger partial charge < -0.3 is 11.5 Å². The van der Waals surface area contributed by atoms with Crippen molar-refractivity contribution in [2.24, 2.45) is 23.3 Å². The Morgan fingerprint density at radius 3 is 2.18 bits per heavy atom. The van der Waals surface area contributed by atoms with Crippen molar-refractivity contribution in [1.82, 2.24) is 0 Å². The average molecular weight is 463 g/mol. The lowest BCUT2D eigenvalue weighted by Crippen LogP contribution is -2.20. The summed E-state index contributed by atoms with van der Waals surface area (Å²) in [6.45, 7) is 9.25. The standard InChI is InChI=1S/C32H50N2/c1-5-7-9-11-13-25-21-32(30-18-16-28(34)20-24(30)4)26(14-12-10-8-6-2)22-31(25)29-17-15-27(33)19-23(29)3/h15,17,20-21,23,26H,5-14,16,18-19,22,33-34H2,1-4H3. The molecule has 2 nitrogen and oxygen atoms in total. The summed E-state index contributed by atoms with van der Waals surface area (Å²) in [4.78, 5) is 0. The Kier molecular flexibility index (Phi) is 10.4. The van der Waals surface area contributed by atoms with Gasteiger partial charge in [-0.05, 0) is 109 Å². The van der Waals surface area contributed by atoms with Crippen LogP contribution in [0.2, 0.25) is 0 Å². The van der Waals surface area contributed by atoms with Crippen molar-refractivity contribution in [3.05, 3.63) is 69.1 Å². The van der Waals surface area contributed by atoms with Gasteiger partial charge in [-0.3, -0.25) is 0 Å². The summed E-state index contributed by atoms with van der Waals surface area (Å²) in [6.07, 6.45) is 26.8. The fraction of sp³-hybridized carbons (Fsp3) is 0.625. The maximum absolute atomic E-state index is 6.21. The second-order valence-corrected chi connectivity index (χ2v) is 11.0. The lowest BCUT2D eigenvalue weighted by Gasteiger charge is -2.34. The lowest BCUT2D eigenvalue weighted by atomic mass is 9.70. The first-order chi connectivity index (χ1) is 16.4. The van der Waals surface area contributed by atoms with Crippen molar-refractivity contribution in [1.29, 1.82) is 0 Å². The molecular weight excluding hydrogens is 412 g/mol. The average Bonchev–Trinajstić information content (AvgIpc) is 2.80. The van der Waals surface area contributed by atoms with Crippen LogP contribution in [0.4, 0.5) is 0 Å². The Hall–Kier alpha value is -1.96. The molecule has 0 spiro atoms. The molecule has 34 heavy (non-hydrogen) atoms. The molecule has 0 saturated heterocycles. The van der Waals surface area contributed by atoms with Crippen LogP contribution < -0.4 is 11.5 Å². The van der Waals surface area contributed by atoms with E-state index in [2.05, 4.69) is 52.0 Å². The molecule has 3 rings (SSSR count). The van der Waals surface area contributed by atoms with Gasteiger partial charge in [-0.2, -0.15) is 0 Å². The minimum Gasteiger partial charge on any atom is -0.402 e. The molecule has 0 bridgehead atoms. The topological polar surface area (TPSA) is 52.0 Å². The molecule has 3 aliphatic carbocycles. The van der Waals surface area contributed by atoms with E-state index in [0.717, 1.165) is 30.7 Å². The molecule has 2 unspecified atom stereocenters. The van der Waals surface area contributed by atoms with E-state index in [4.69, 9.17) is 11.5 Å². The summed E-state index contributed by atoms with van der Waals surface area (Å²) in [5.41, 5.74) is 23.9. The van der Waals surface area contributed by atoms with Crippen LogP contribution in [0, 0.1) is 11.8 Å². The third-order valence-corrected chi connectivity index (χ3v) is 8.10. The highest BCUT2D eigenvalue weighted by atomic mass is 14.6. The maximum Gasteiger partial charge on any atom is 0.00865 e. The zero-order chi connectivity index (χ0) is 24.5. The van der Waals surface area contributed by atoms with Crippen LogP contribution in [0.25, 0.3) is 0 Å². The molecule has 0 saturated carbocycles. The Balaban J connectivity index is 2.00. The Morgan fingerprint density at radius 2 is 1.50 bits per heavy atom. The van der Waals surface area contributed by atoms with Gasteiger partial charge in [0, 0.05) is 11.4 Å². The van der Waals surface area contributed by atoms with Gasteiger partial charge in [0.15, 0.2) is 0 Å². The molecule has 2 atom stereocenters. The second-order valence-electron chi connectivity index (χ2n) is 11.0. The summed E-state index contributed by atoms with van der Waals surface area (Å²) in [5.74, 6) is 1.14. The van der Waals surface area contributed by atoms with Crippen LogP contribution in [0.3, 0.4) is 0 Å². The SMILES string of the molecule is CCCCCCC1=C(C2=CC=C(N)CC2C)CC(CCCCCC)C(C2=C(C)C=C(N)CC2)=C1. The highest BCUT2D eigenvalue weighted by Gasteiger charge is 2.30. The zero-order valence-corrected chi connectivity index (χ0v) is 22.5. The number of nitrogens with two attached hydrogens (primary N) is 2. The van der Waals surface area contributed by atoms with Crippen LogP contribution in [0.5, 0.6) is 0 Å². The van der Waals surface area contributed by atoms with Crippen LogP contribution in [-0.4, -0.2) is 0 Å². The third kappa shape index (κ3) is 7.03. The second kappa shape index (κ2) is 13.2. The summed E-state index contributed by atoms with van der Waals surface area (Å²) in [5, 5.41) is 0. The summed E-state index contributed by atoms with van der Waals surface area (Å²) in [6, 6.07) is 0. The Morgan fingerprint density at radius 1 is 0.765 bits per heavy atom. The summed E-state index contributed by atoms with van der Waals surface area (Å²) in [7, 11) is 0. The first kappa shape index (κ1) is 26.6. The van der Waals surface area contributed by atoms with Crippen LogP contribution >= 0.6 is 0 Å². The smallest absolute Gasteiger partial charge is 0.00865 e. The molecule has 0 aliphatic heterocycles. The van der Waals surface area contributed by atoms with Crippen molar-refractivity contribution in [2.45, 2.75) is 118 Å². The van der Waals surface area contributed by atoms with Crippen molar-refractivity contribution in [2.75, 3.05) is 0 Å². The first-order valence-electron chi connectivity index (χ1n) is 14.2. The van der Waals surface area contributed by atoms with E-state index in [9.17, 15) is 0 Å². The number of unbranched alkanes of at least 4 members (excludes halogenated alkanes) is 6. The van der Waals surface area contributed by atoms with Gasteiger partial charge in [0.05, 0.1) is 0 Å². The third-order valence-electron chi connectivity index (χ3n) is 8.10. The van der Waals surface area contributed by atoms with Gasteiger partial charge >= 0.3 is 0 Å². The monoisotopic (exact) mass is 462 g/mol. The van der Waals surface area contributed by atoms with Crippen molar-refractivity contribution in [3.63, 3.8) is 0 Å². The highest BCUT2D eigenvalue weighted by molar-refractivity contribution is 5.54. The predicted octanol–water partition coefficient (Wildman–Crippen LogP) is 8.93. The molecule has 0 heterocycles. The van der Waals surface area contributed by atoms with Gasteiger partial charge in [-0.15, -0.1) is 0 Å². The summed E-state index contributed by atoms with van der Waals surface area (Å²) >= 11 is 0. The minimum atomic E-state index is 0.514. The van der Waals surface area contributed by atoms with Gasteiger partial charge in [0.25, 0.3) is 0 Å². The maximum atomic E-state index is 6.21. The normalized spacial score (nSPS) is 23.5. The first-order valence-corrected chi connectivity index (χ1v) is 14.2. The molecule has 0 amide bonds. The summed E-state index contributed by atoms with van der Waals surface area (Å²) < 4.78 is 0. The number of hydrogen-bond donors (Lipinski definition) is 2. The minimum absolute atomic E-state index is 0.514. The molecule has 3 aliphatic rings. The molecule has 0 aromatic rings. The number of allylic oxidation sites excluding steroid dienone is 12. The van der Waals surface area contributed by atoms with E-state index < -0.39 is 0 Å². The van der Waals surface area contributed by atoms with Crippen molar-refractivity contribution < 1.29 is 0 Å². The van der Waals surface area contributed by atoms with Crippen LogP contribution in [0.1, 0.15) is 118 Å². The van der Waals surface area contributed by atoms with Crippen molar-refractivity contribution in [3.8, 4) is 0 Å². The molecule has 0 radical (unpaired) electrons. The quantitative estimate of drug-likeness (QED) is 0.284. The van der Waals surface area contributed by atoms with Gasteiger partial charge in [0.1, 0.15) is 0 Å². The Labute approximate surface area is 210 Å². The molecule has 0 fully saturated rings. The van der Waals surface area contributed by atoms with E-state index in [1.165, 1.54) is 76.2 Å². The molecule has 0 aromatic carbocycles. The predicted molar refractivity (Wildman–Crippen MR) is 149 cm³/mol. The van der Waals surface area contributed by atoms with Gasteiger partial charge in [0.2, 0.25) is 0 Å². The molecule has 0 aromatic heterocycles. The zero-order valence-electron chi connectivity index (χ0n) is 22.5. The fourth-order valence-electron chi connectivity index (χ4n) is 6.12. The highest BCUT2D eigenvalue weighted by Crippen LogP contribution is 2.45. The molecule has 4 N–H and O–H groups in total. The molecule has 2 heteroatoms. The van der Waals surface area contributed by atoms with Gasteiger partial charge in [-0.25, -0.2) is 0 Å².